The maximum atomic E-state index is 12.3. The summed E-state index contributed by atoms with van der Waals surface area (Å²) < 4.78 is 10.7. The number of ether oxygens (including phenoxy) is 2. The van der Waals surface area contributed by atoms with Gasteiger partial charge in [0, 0.05) is 36.3 Å². The van der Waals surface area contributed by atoms with Gasteiger partial charge in [-0.25, -0.2) is 0 Å². The van der Waals surface area contributed by atoms with Gasteiger partial charge in [0.2, 0.25) is 0 Å². The minimum absolute atomic E-state index is 0.138. The number of nitrogens with one attached hydrogen (secondary N) is 2. The summed E-state index contributed by atoms with van der Waals surface area (Å²) >= 11 is 1.90. The number of benzene rings is 1. The van der Waals surface area contributed by atoms with Gasteiger partial charge in [-0.1, -0.05) is 12.1 Å². The van der Waals surface area contributed by atoms with Crippen LogP contribution in [-0.4, -0.2) is 54.0 Å². The number of methoxy groups -OCH3 is 1. The van der Waals surface area contributed by atoms with E-state index in [4.69, 9.17) is 9.47 Å². The summed E-state index contributed by atoms with van der Waals surface area (Å²) in [7, 11) is 1.62. The third-order valence-electron chi connectivity index (χ3n) is 4.11. The molecule has 0 atom stereocenters. The van der Waals surface area contributed by atoms with Gasteiger partial charge in [0.1, 0.15) is 11.4 Å². The molecule has 1 saturated heterocycles. The summed E-state index contributed by atoms with van der Waals surface area (Å²) in [6.45, 7) is 2.34. The van der Waals surface area contributed by atoms with Crippen LogP contribution in [-0.2, 0) is 4.74 Å². The summed E-state index contributed by atoms with van der Waals surface area (Å²) in [5, 5.41) is 10.6. The van der Waals surface area contributed by atoms with Crippen LogP contribution in [0.5, 0.6) is 5.75 Å². The summed E-state index contributed by atoms with van der Waals surface area (Å²) in [6, 6.07) is 9.36. The van der Waals surface area contributed by atoms with Crippen LogP contribution >= 0.6 is 11.8 Å². The molecule has 3 rings (SSSR count). The lowest BCUT2D eigenvalue weighted by Gasteiger charge is -2.21. The molecule has 25 heavy (non-hydrogen) atoms. The number of para-hydroxylation sites is 1. The van der Waals surface area contributed by atoms with Crippen molar-refractivity contribution in [2.24, 2.45) is 0 Å². The first-order valence-electron chi connectivity index (χ1n) is 8.44. The average molecular weight is 361 g/mol. The smallest absolute Gasteiger partial charge is 0.269 e. The Labute approximate surface area is 151 Å². The van der Waals surface area contributed by atoms with Crippen LogP contribution in [0.4, 0.5) is 0 Å². The average Bonchev–Trinajstić information content (AvgIpc) is 3.16. The molecule has 6 nitrogen and oxygen atoms in total. The maximum Gasteiger partial charge on any atom is 0.269 e. The molecule has 1 aliphatic heterocycles. The Bertz CT molecular complexity index is 698. The Morgan fingerprint density at radius 1 is 1.40 bits per heavy atom. The van der Waals surface area contributed by atoms with Gasteiger partial charge >= 0.3 is 0 Å². The third-order valence-corrected chi connectivity index (χ3v) is 5.50. The number of thioether (sulfide) groups is 1. The molecule has 1 aromatic heterocycles. The van der Waals surface area contributed by atoms with E-state index < -0.39 is 0 Å². The van der Waals surface area contributed by atoms with E-state index in [1.165, 1.54) is 0 Å². The molecule has 0 aliphatic carbocycles. The number of aromatic nitrogens is 2. The molecule has 0 radical (unpaired) electrons. The fraction of sp³-hybridized carbons (Fsp3) is 0.444. The molecule has 2 N–H and O–H groups in total. The van der Waals surface area contributed by atoms with Crippen molar-refractivity contribution in [1.29, 1.82) is 0 Å². The normalized spacial score (nSPS) is 15.1. The Morgan fingerprint density at radius 3 is 3.00 bits per heavy atom. The molecular weight excluding hydrogens is 338 g/mol. The van der Waals surface area contributed by atoms with Crippen molar-refractivity contribution < 1.29 is 14.3 Å². The second kappa shape index (κ2) is 8.92. The van der Waals surface area contributed by atoms with Gasteiger partial charge in [-0.2, -0.15) is 16.9 Å². The number of nitrogens with zero attached hydrogens (tertiary/aromatic N) is 1. The molecule has 0 unspecified atom stereocenters. The van der Waals surface area contributed by atoms with E-state index in [-0.39, 0.29) is 5.91 Å². The van der Waals surface area contributed by atoms with Gasteiger partial charge in [0.15, 0.2) is 0 Å². The van der Waals surface area contributed by atoms with Crippen LogP contribution in [0.1, 0.15) is 23.3 Å². The highest BCUT2D eigenvalue weighted by Crippen LogP contribution is 2.28. The van der Waals surface area contributed by atoms with E-state index in [0.717, 1.165) is 43.1 Å². The van der Waals surface area contributed by atoms with E-state index in [9.17, 15) is 4.79 Å². The molecule has 1 amide bonds. The van der Waals surface area contributed by atoms with E-state index in [2.05, 4.69) is 15.5 Å². The molecule has 1 aliphatic rings. The lowest BCUT2D eigenvalue weighted by molar-refractivity contribution is 0.0950. The number of carbonyl (C=O) groups is 1. The Hall–Kier alpha value is -1.99. The number of rotatable bonds is 7. The van der Waals surface area contributed by atoms with Crippen molar-refractivity contribution >= 4 is 17.7 Å². The second-order valence-corrected chi connectivity index (χ2v) is 7.21. The van der Waals surface area contributed by atoms with E-state index in [1.54, 1.807) is 13.2 Å². The first-order valence-corrected chi connectivity index (χ1v) is 9.49. The van der Waals surface area contributed by atoms with Crippen molar-refractivity contribution in [3.8, 4) is 17.0 Å². The van der Waals surface area contributed by atoms with Crippen molar-refractivity contribution in [2.45, 2.75) is 18.1 Å². The van der Waals surface area contributed by atoms with Crippen LogP contribution in [0.2, 0.25) is 0 Å². The van der Waals surface area contributed by atoms with Crippen LogP contribution < -0.4 is 10.1 Å². The van der Waals surface area contributed by atoms with E-state index in [1.807, 2.05) is 36.0 Å². The lowest BCUT2D eigenvalue weighted by Crippen LogP contribution is -2.27. The number of hydrogen-bond donors (Lipinski definition) is 2. The fourth-order valence-electron chi connectivity index (χ4n) is 2.76. The zero-order chi connectivity index (χ0) is 17.5. The molecule has 134 valence electrons. The summed E-state index contributed by atoms with van der Waals surface area (Å²) in [4.78, 5) is 12.3. The first-order chi connectivity index (χ1) is 12.3. The lowest BCUT2D eigenvalue weighted by atomic mass is 10.1. The molecule has 7 heteroatoms. The van der Waals surface area contributed by atoms with Crippen LogP contribution in [0, 0.1) is 0 Å². The molecular formula is C18H23N3O3S. The molecule has 0 saturated carbocycles. The number of aromatic amines is 1. The predicted octanol–water partition coefficient (Wildman–Crippen LogP) is 2.73. The summed E-state index contributed by atoms with van der Waals surface area (Å²) in [5.41, 5.74) is 2.01. The summed E-state index contributed by atoms with van der Waals surface area (Å²) in [6.07, 6.45) is 2.20. The van der Waals surface area contributed by atoms with Crippen LogP contribution in [0.15, 0.2) is 30.3 Å². The highest BCUT2D eigenvalue weighted by Gasteiger charge is 2.15. The minimum atomic E-state index is -0.138. The van der Waals surface area contributed by atoms with Crippen molar-refractivity contribution in [3.05, 3.63) is 36.0 Å². The molecule has 0 bridgehead atoms. The molecule has 2 heterocycles. The quantitative estimate of drug-likeness (QED) is 0.742. The standard InChI is InChI=1S/C18H23N3O3S/c1-23-17-5-3-2-4-14(17)15-12-16(21-20-15)18(22)19-8-11-25-13-6-9-24-10-7-13/h2-5,12-13H,6-11H2,1H3,(H,19,22)(H,20,21). The van der Waals surface area contributed by atoms with Gasteiger partial charge in [-0.15, -0.1) is 0 Å². The highest BCUT2D eigenvalue weighted by atomic mass is 32.2. The van der Waals surface area contributed by atoms with E-state index >= 15 is 0 Å². The largest absolute Gasteiger partial charge is 0.496 e. The van der Waals surface area contributed by atoms with Crippen molar-refractivity contribution in [2.75, 3.05) is 32.6 Å². The molecule has 1 fully saturated rings. The SMILES string of the molecule is COc1ccccc1-c1cc(C(=O)NCCSC2CCOCC2)[nH]n1. The number of H-pyrrole nitrogens is 1. The Balaban J connectivity index is 1.50. The van der Waals surface area contributed by atoms with Gasteiger partial charge in [0.25, 0.3) is 5.91 Å². The van der Waals surface area contributed by atoms with Crippen LogP contribution in [0.3, 0.4) is 0 Å². The van der Waals surface area contributed by atoms with Crippen molar-refractivity contribution in [1.82, 2.24) is 15.5 Å². The minimum Gasteiger partial charge on any atom is -0.496 e. The van der Waals surface area contributed by atoms with Crippen LogP contribution in [0.25, 0.3) is 11.3 Å². The highest BCUT2D eigenvalue weighted by molar-refractivity contribution is 7.99. The van der Waals surface area contributed by atoms with Gasteiger partial charge in [-0.3, -0.25) is 9.89 Å². The topological polar surface area (TPSA) is 76.2 Å². The molecule has 0 spiro atoms. The first kappa shape index (κ1) is 17.8. The molecule has 1 aromatic carbocycles. The maximum absolute atomic E-state index is 12.3. The van der Waals surface area contributed by atoms with Crippen molar-refractivity contribution in [3.63, 3.8) is 0 Å². The summed E-state index contributed by atoms with van der Waals surface area (Å²) in [5.74, 6) is 1.50. The number of hydrogen-bond acceptors (Lipinski definition) is 5. The zero-order valence-electron chi connectivity index (χ0n) is 14.3. The van der Waals surface area contributed by atoms with Gasteiger partial charge in [-0.05, 0) is 31.0 Å². The Kier molecular flexibility index (Phi) is 6.36. The third kappa shape index (κ3) is 4.76. The van der Waals surface area contributed by atoms with Gasteiger partial charge < -0.3 is 14.8 Å². The zero-order valence-corrected chi connectivity index (χ0v) is 15.1. The molecule has 2 aromatic rings. The number of carbonyl (C=O) groups excluding carboxylic acids is 1. The predicted molar refractivity (Wildman–Crippen MR) is 99.2 cm³/mol. The second-order valence-electron chi connectivity index (χ2n) is 5.81. The van der Waals surface area contributed by atoms with Gasteiger partial charge in [0.05, 0.1) is 12.8 Å². The number of amides is 1. The fourth-order valence-corrected chi connectivity index (χ4v) is 3.84. The monoisotopic (exact) mass is 361 g/mol. The van der Waals surface area contributed by atoms with E-state index in [0.29, 0.717) is 23.2 Å². The Morgan fingerprint density at radius 2 is 2.20 bits per heavy atom.